The summed E-state index contributed by atoms with van der Waals surface area (Å²) in [6, 6.07) is -1.01. The minimum atomic E-state index is -1.30. The number of hydrogen-bond acceptors (Lipinski definition) is 5. The number of carbonyl (C=O) groups is 1. The molecule has 0 rings (SSSR count). The van der Waals surface area contributed by atoms with Crippen LogP contribution in [-0.2, 0) is 4.79 Å². The van der Waals surface area contributed by atoms with E-state index >= 15 is 0 Å². The van der Waals surface area contributed by atoms with Crippen molar-refractivity contribution in [3.63, 3.8) is 0 Å². The first-order valence-electron chi connectivity index (χ1n) is 30.2. The van der Waals surface area contributed by atoms with Gasteiger partial charge in [-0.2, -0.15) is 0 Å². The lowest BCUT2D eigenvalue weighted by atomic mass is 10.00. The summed E-state index contributed by atoms with van der Waals surface area (Å²) in [5.74, 6) is -0.598. The molecule has 0 aliphatic carbocycles. The maximum absolute atomic E-state index is 12.6. The molecule has 0 heterocycles. The van der Waals surface area contributed by atoms with Crippen LogP contribution in [-0.4, -0.2) is 57.3 Å². The fourth-order valence-electron chi connectivity index (χ4n) is 9.18. The second-order valence-electron chi connectivity index (χ2n) is 20.7. The zero-order valence-corrected chi connectivity index (χ0v) is 45.8. The summed E-state index contributed by atoms with van der Waals surface area (Å²) < 4.78 is 0. The molecule has 404 valence electrons. The Morgan fingerprint density at radius 3 is 1.01 bits per heavy atom. The molecule has 0 saturated heterocycles. The van der Waals surface area contributed by atoms with Crippen molar-refractivity contribution in [3.05, 3.63) is 60.8 Å². The van der Waals surface area contributed by atoms with Gasteiger partial charge >= 0.3 is 0 Å². The first-order chi connectivity index (χ1) is 34.0. The number of allylic oxidation sites excluding steroid dienone is 10. The summed E-state index contributed by atoms with van der Waals surface area (Å²) >= 11 is 0. The molecule has 0 aromatic heterocycles. The Kier molecular flexibility index (Phi) is 55.3. The number of aliphatic hydroxyl groups excluding tert-OH is 4. The fourth-order valence-corrected chi connectivity index (χ4v) is 9.18. The Hall–Kier alpha value is -1.99. The average Bonchev–Trinajstić information content (AvgIpc) is 3.35. The monoisotopic (exact) mass is 968 g/mol. The molecule has 4 unspecified atom stereocenters. The van der Waals surface area contributed by atoms with Gasteiger partial charge in [0.1, 0.15) is 12.2 Å². The number of nitrogens with one attached hydrogen (secondary N) is 1. The predicted octanol–water partition coefficient (Wildman–Crippen LogP) is 17.9. The summed E-state index contributed by atoms with van der Waals surface area (Å²) in [6.07, 6.45) is 74.6. The van der Waals surface area contributed by atoms with E-state index in [1.165, 1.54) is 212 Å². The maximum atomic E-state index is 12.6. The molecule has 69 heavy (non-hydrogen) atoms. The van der Waals surface area contributed by atoms with Gasteiger partial charge in [-0.25, -0.2) is 0 Å². The molecule has 0 radical (unpaired) electrons. The third kappa shape index (κ3) is 50.7. The van der Waals surface area contributed by atoms with E-state index in [9.17, 15) is 25.2 Å². The molecule has 0 aromatic carbocycles. The van der Waals surface area contributed by atoms with Crippen molar-refractivity contribution >= 4 is 5.91 Å². The van der Waals surface area contributed by atoms with Gasteiger partial charge in [-0.05, 0) is 96.3 Å². The zero-order chi connectivity index (χ0) is 50.2. The highest BCUT2D eigenvalue weighted by Gasteiger charge is 2.28. The van der Waals surface area contributed by atoms with E-state index in [2.05, 4.69) is 79.9 Å². The Morgan fingerprint density at radius 1 is 0.362 bits per heavy atom. The van der Waals surface area contributed by atoms with Crippen LogP contribution in [0.3, 0.4) is 0 Å². The van der Waals surface area contributed by atoms with Gasteiger partial charge in [-0.15, -0.1) is 0 Å². The molecule has 0 bridgehead atoms. The third-order valence-electron chi connectivity index (χ3n) is 13.9. The lowest BCUT2D eigenvalue weighted by Crippen LogP contribution is -2.53. The van der Waals surface area contributed by atoms with Crippen LogP contribution >= 0.6 is 0 Å². The number of rotatable bonds is 55. The zero-order valence-electron chi connectivity index (χ0n) is 45.8. The number of aliphatic hydroxyl groups is 4. The van der Waals surface area contributed by atoms with Crippen molar-refractivity contribution in [1.29, 1.82) is 0 Å². The summed E-state index contributed by atoms with van der Waals surface area (Å²) in [7, 11) is 0. The van der Waals surface area contributed by atoms with Crippen LogP contribution < -0.4 is 5.32 Å². The van der Waals surface area contributed by atoms with Crippen LogP contribution in [0.1, 0.15) is 303 Å². The molecule has 0 aliphatic rings. The van der Waals surface area contributed by atoms with Crippen LogP contribution in [0.5, 0.6) is 0 Å². The van der Waals surface area contributed by atoms with Crippen molar-refractivity contribution in [2.45, 2.75) is 327 Å². The summed E-state index contributed by atoms with van der Waals surface area (Å²) in [6.45, 7) is 4.04. The van der Waals surface area contributed by atoms with Gasteiger partial charge in [0.2, 0.25) is 5.91 Å². The van der Waals surface area contributed by atoms with Crippen molar-refractivity contribution in [1.82, 2.24) is 5.32 Å². The standard InChI is InChI=1S/C63H117NO5/c1-3-5-7-9-11-13-15-17-19-21-22-23-24-25-26-27-28-29-30-31-32-33-34-35-36-37-38-39-41-43-45-47-49-51-53-55-57-61(67)63(69)64-59(58-65)62(68)60(66)56-54-52-50-48-46-44-42-40-20-18-16-14-12-10-8-6-4-2/h14,16,26-27,29-30,40,42,48,50,59-62,65-68H,3-13,15,17-25,28,31-39,41,43-47,49,51-58H2,1-2H3,(H,64,69)/b16-14+,27-26-,30-29-,42-40+,50-48+. The van der Waals surface area contributed by atoms with E-state index in [0.29, 0.717) is 19.3 Å². The fraction of sp³-hybridized carbons (Fsp3) is 0.825. The number of unbranched alkanes of at least 4 members (excludes halogenated alkanes) is 36. The Bertz CT molecular complexity index is 1180. The van der Waals surface area contributed by atoms with Gasteiger partial charge in [0, 0.05) is 0 Å². The number of carbonyl (C=O) groups excluding carboxylic acids is 1. The first-order valence-corrected chi connectivity index (χ1v) is 30.2. The van der Waals surface area contributed by atoms with Gasteiger partial charge in [-0.3, -0.25) is 4.79 Å². The largest absolute Gasteiger partial charge is 0.394 e. The molecule has 0 aliphatic heterocycles. The summed E-state index contributed by atoms with van der Waals surface area (Å²) in [5, 5.41) is 43.9. The molecule has 5 N–H and O–H groups in total. The first kappa shape index (κ1) is 67.0. The Balaban J connectivity index is 3.60. The molecule has 6 heteroatoms. The van der Waals surface area contributed by atoms with Gasteiger partial charge in [0.15, 0.2) is 0 Å². The summed E-state index contributed by atoms with van der Waals surface area (Å²) in [4.78, 5) is 12.6. The van der Waals surface area contributed by atoms with Crippen LogP contribution in [0.4, 0.5) is 0 Å². The van der Waals surface area contributed by atoms with Crippen molar-refractivity contribution in [2.24, 2.45) is 0 Å². The number of amides is 1. The summed E-state index contributed by atoms with van der Waals surface area (Å²) in [5.41, 5.74) is 0. The third-order valence-corrected chi connectivity index (χ3v) is 13.9. The highest BCUT2D eigenvalue weighted by atomic mass is 16.3. The minimum Gasteiger partial charge on any atom is -0.394 e. The molecule has 1 amide bonds. The molecular weight excluding hydrogens is 851 g/mol. The maximum Gasteiger partial charge on any atom is 0.249 e. The van der Waals surface area contributed by atoms with Crippen LogP contribution in [0.15, 0.2) is 60.8 Å². The van der Waals surface area contributed by atoms with Crippen LogP contribution in [0, 0.1) is 0 Å². The number of hydrogen-bond donors (Lipinski definition) is 5. The minimum absolute atomic E-state index is 0.357. The predicted molar refractivity (Wildman–Crippen MR) is 302 cm³/mol. The van der Waals surface area contributed by atoms with Gasteiger partial charge in [0.25, 0.3) is 0 Å². The highest BCUT2D eigenvalue weighted by Crippen LogP contribution is 2.17. The van der Waals surface area contributed by atoms with Gasteiger partial charge in [-0.1, -0.05) is 267 Å². The lowest BCUT2D eigenvalue weighted by molar-refractivity contribution is -0.132. The molecular formula is C63H117NO5. The van der Waals surface area contributed by atoms with E-state index < -0.39 is 36.9 Å². The molecule has 0 saturated carbocycles. The van der Waals surface area contributed by atoms with Crippen LogP contribution in [0.2, 0.25) is 0 Å². The highest BCUT2D eigenvalue weighted by molar-refractivity contribution is 5.80. The molecule has 0 aromatic rings. The van der Waals surface area contributed by atoms with E-state index in [0.717, 1.165) is 57.8 Å². The van der Waals surface area contributed by atoms with E-state index in [4.69, 9.17) is 0 Å². The lowest BCUT2D eigenvalue weighted by Gasteiger charge is -2.27. The van der Waals surface area contributed by atoms with Crippen molar-refractivity contribution in [2.75, 3.05) is 6.61 Å². The second-order valence-corrected chi connectivity index (χ2v) is 20.7. The van der Waals surface area contributed by atoms with E-state index in [-0.39, 0.29) is 0 Å². The second kappa shape index (κ2) is 56.9. The quantitative estimate of drug-likeness (QED) is 0.0308. The smallest absolute Gasteiger partial charge is 0.249 e. The van der Waals surface area contributed by atoms with Crippen molar-refractivity contribution in [3.8, 4) is 0 Å². The molecule has 4 atom stereocenters. The average molecular weight is 969 g/mol. The van der Waals surface area contributed by atoms with Gasteiger partial charge in [0.05, 0.1) is 18.8 Å². The molecule has 0 fully saturated rings. The van der Waals surface area contributed by atoms with Gasteiger partial charge < -0.3 is 25.7 Å². The van der Waals surface area contributed by atoms with E-state index in [1.807, 2.05) is 0 Å². The SMILES string of the molecule is CCCCCC/C=C/CC/C=C/CC/C=C/CCCC(O)C(O)C(CO)NC(=O)C(O)CCCCCCCCCCCCCCCCCC/C=C\C/C=C\CCCCCCCCCCCCCCC. The Labute approximate surface area is 429 Å². The molecule has 6 nitrogen and oxygen atoms in total. The van der Waals surface area contributed by atoms with Crippen LogP contribution in [0.25, 0.3) is 0 Å². The topological polar surface area (TPSA) is 110 Å². The van der Waals surface area contributed by atoms with E-state index in [1.54, 1.807) is 0 Å². The molecule has 0 spiro atoms. The normalized spacial score (nSPS) is 14.1. The Morgan fingerprint density at radius 2 is 0.652 bits per heavy atom. The van der Waals surface area contributed by atoms with Crippen molar-refractivity contribution < 1.29 is 25.2 Å².